The van der Waals surface area contributed by atoms with Gasteiger partial charge in [0.25, 0.3) is 0 Å². The summed E-state index contributed by atoms with van der Waals surface area (Å²) >= 11 is 0. The van der Waals surface area contributed by atoms with Gasteiger partial charge in [-0.1, -0.05) is 24.3 Å². The second kappa shape index (κ2) is 6.92. The van der Waals surface area contributed by atoms with Crippen LogP contribution >= 0.6 is 0 Å². The van der Waals surface area contributed by atoms with Crippen LogP contribution in [0.25, 0.3) is 22.2 Å². The first-order valence-corrected chi connectivity index (χ1v) is 10.2. The van der Waals surface area contributed by atoms with Gasteiger partial charge >= 0.3 is 0 Å². The lowest BCUT2D eigenvalue weighted by atomic mass is 10.0. The van der Waals surface area contributed by atoms with Crippen molar-refractivity contribution in [1.82, 2.24) is 9.29 Å². The third-order valence-electron chi connectivity index (χ3n) is 4.95. The largest absolute Gasteiger partial charge is 0.379 e. The van der Waals surface area contributed by atoms with Gasteiger partial charge < -0.3 is 9.72 Å². The Labute approximate surface area is 157 Å². The molecule has 6 nitrogen and oxygen atoms in total. The Morgan fingerprint density at radius 3 is 2.56 bits per heavy atom. The number of hydrogen-bond acceptors (Lipinski definition) is 4. The van der Waals surface area contributed by atoms with Gasteiger partial charge in [0.15, 0.2) is 6.29 Å². The Balaban J connectivity index is 1.86. The highest BCUT2D eigenvalue weighted by molar-refractivity contribution is 7.89. The number of hydrogen-bond donors (Lipinski definition) is 1. The molecule has 0 amide bonds. The fraction of sp³-hybridized carbons (Fsp3) is 0.250. The van der Waals surface area contributed by atoms with Crippen LogP contribution in [0.4, 0.5) is 0 Å². The van der Waals surface area contributed by atoms with Crippen LogP contribution in [0.5, 0.6) is 0 Å². The van der Waals surface area contributed by atoms with Crippen molar-refractivity contribution in [3.05, 3.63) is 53.6 Å². The molecular formula is C20H20N2O4S. The number of aldehydes is 1. The number of rotatable bonds is 4. The van der Waals surface area contributed by atoms with E-state index in [1.807, 2.05) is 31.2 Å². The summed E-state index contributed by atoms with van der Waals surface area (Å²) in [4.78, 5) is 15.3. The first kappa shape index (κ1) is 17.9. The number of sulfonamides is 1. The molecule has 1 aromatic heterocycles. The zero-order valence-corrected chi connectivity index (χ0v) is 15.8. The highest BCUT2D eigenvalue weighted by Crippen LogP contribution is 2.32. The number of aromatic nitrogens is 1. The minimum Gasteiger partial charge on any atom is -0.379 e. The van der Waals surface area contributed by atoms with E-state index in [1.54, 1.807) is 18.2 Å². The fourth-order valence-corrected chi connectivity index (χ4v) is 4.91. The van der Waals surface area contributed by atoms with Gasteiger partial charge in [-0.3, -0.25) is 4.79 Å². The van der Waals surface area contributed by atoms with Crippen LogP contribution in [0, 0.1) is 6.92 Å². The molecule has 2 aromatic carbocycles. The number of morpholine rings is 1. The summed E-state index contributed by atoms with van der Waals surface area (Å²) in [5.74, 6) is 0. The smallest absolute Gasteiger partial charge is 0.243 e. The van der Waals surface area contributed by atoms with Crippen LogP contribution in [0.3, 0.4) is 0 Å². The summed E-state index contributed by atoms with van der Waals surface area (Å²) in [6, 6.07) is 12.7. The fourth-order valence-electron chi connectivity index (χ4n) is 3.48. The highest BCUT2D eigenvalue weighted by Gasteiger charge is 2.27. The second-order valence-electron chi connectivity index (χ2n) is 6.57. The Morgan fingerprint density at radius 1 is 1.11 bits per heavy atom. The van der Waals surface area contributed by atoms with E-state index in [0.717, 1.165) is 22.9 Å². The van der Waals surface area contributed by atoms with Gasteiger partial charge in [-0.15, -0.1) is 0 Å². The molecule has 27 heavy (non-hydrogen) atoms. The quantitative estimate of drug-likeness (QED) is 0.702. The van der Waals surface area contributed by atoms with Crippen LogP contribution in [0.1, 0.15) is 15.9 Å². The number of aromatic amines is 1. The van der Waals surface area contributed by atoms with Gasteiger partial charge in [-0.25, -0.2) is 8.42 Å². The maximum atomic E-state index is 12.9. The first-order valence-electron chi connectivity index (χ1n) is 8.77. The Hall–Kier alpha value is -2.48. The Kier molecular flexibility index (Phi) is 4.59. The van der Waals surface area contributed by atoms with Gasteiger partial charge in [0.05, 0.1) is 23.8 Å². The minimum atomic E-state index is -3.62. The number of H-pyrrole nitrogens is 1. The van der Waals surface area contributed by atoms with E-state index in [9.17, 15) is 13.2 Å². The molecule has 1 aliphatic heterocycles. The maximum Gasteiger partial charge on any atom is 0.243 e. The van der Waals surface area contributed by atoms with Crippen molar-refractivity contribution in [2.24, 2.45) is 0 Å². The predicted molar refractivity (Wildman–Crippen MR) is 103 cm³/mol. The average Bonchev–Trinajstić information content (AvgIpc) is 3.06. The van der Waals surface area contributed by atoms with Crippen LogP contribution in [0.2, 0.25) is 0 Å². The molecule has 1 aliphatic rings. The van der Waals surface area contributed by atoms with Gasteiger partial charge in [-0.2, -0.15) is 4.31 Å². The summed E-state index contributed by atoms with van der Waals surface area (Å²) in [6.07, 6.45) is 0.783. The van der Waals surface area contributed by atoms with E-state index in [-0.39, 0.29) is 4.90 Å². The molecule has 0 spiro atoms. The molecule has 2 heterocycles. The molecule has 1 N–H and O–H groups in total. The van der Waals surface area contributed by atoms with Crippen molar-refractivity contribution >= 4 is 27.2 Å². The average molecular weight is 384 g/mol. The van der Waals surface area contributed by atoms with Gasteiger partial charge in [0.2, 0.25) is 10.0 Å². The number of carbonyl (C=O) groups is 1. The number of carbonyl (C=O) groups excluding carboxylic acids is 1. The molecule has 3 aromatic rings. The molecule has 0 unspecified atom stereocenters. The molecule has 7 heteroatoms. The monoisotopic (exact) mass is 384 g/mol. The number of aryl methyl sites for hydroxylation is 1. The second-order valence-corrected chi connectivity index (χ2v) is 8.51. The molecule has 0 aliphatic carbocycles. The van der Waals surface area contributed by atoms with Crippen LogP contribution in [-0.4, -0.2) is 50.3 Å². The SMILES string of the molecule is Cc1ccccc1-c1[nH]c2ccc(S(=O)(=O)N3CCOCC3)cc2c1C=O. The number of fused-ring (bicyclic) bond motifs is 1. The molecule has 1 saturated heterocycles. The number of nitrogens with zero attached hydrogens (tertiary/aromatic N) is 1. The summed E-state index contributed by atoms with van der Waals surface area (Å²) in [6.45, 7) is 3.43. The van der Waals surface area contributed by atoms with Gasteiger partial charge in [-0.05, 0) is 30.7 Å². The van der Waals surface area contributed by atoms with E-state index < -0.39 is 10.0 Å². The van der Waals surface area contributed by atoms with E-state index in [2.05, 4.69) is 4.98 Å². The molecular weight excluding hydrogens is 364 g/mol. The zero-order chi connectivity index (χ0) is 19.0. The Morgan fingerprint density at radius 2 is 1.85 bits per heavy atom. The van der Waals surface area contributed by atoms with Crippen molar-refractivity contribution in [3.63, 3.8) is 0 Å². The van der Waals surface area contributed by atoms with E-state index >= 15 is 0 Å². The Bertz CT molecular complexity index is 1110. The normalized spacial score (nSPS) is 15.9. The summed E-state index contributed by atoms with van der Waals surface area (Å²) in [7, 11) is -3.62. The third kappa shape index (κ3) is 3.07. The van der Waals surface area contributed by atoms with E-state index in [0.29, 0.717) is 42.9 Å². The van der Waals surface area contributed by atoms with Crippen molar-refractivity contribution in [2.75, 3.05) is 26.3 Å². The topological polar surface area (TPSA) is 79.5 Å². The molecule has 0 radical (unpaired) electrons. The molecule has 1 fully saturated rings. The van der Waals surface area contributed by atoms with Crippen molar-refractivity contribution < 1.29 is 17.9 Å². The molecule has 0 bridgehead atoms. The third-order valence-corrected chi connectivity index (χ3v) is 6.84. The number of benzene rings is 2. The lowest BCUT2D eigenvalue weighted by molar-refractivity contribution is 0.0730. The lowest BCUT2D eigenvalue weighted by Gasteiger charge is -2.26. The van der Waals surface area contributed by atoms with Crippen LogP contribution < -0.4 is 0 Å². The van der Waals surface area contributed by atoms with Gasteiger partial charge in [0, 0.05) is 35.1 Å². The van der Waals surface area contributed by atoms with E-state index in [1.165, 1.54) is 4.31 Å². The number of ether oxygens (including phenoxy) is 1. The van der Waals surface area contributed by atoms with Crippen molar-refractivity contribution in [3.8, 4) is 11.3 Å². The number of nitrogens with one attached hydrogen (secondary N) is 1. The minimum absolute atomic E-state index is 0.190. The van der Waals surface area contributed by atoms with Crippen molar-refractivity contribution in [1.29, 1.82) is 0 Å². The standard InChI is InChI=1S/C20H20N2O4S/c1-14-4-2-3-5-16(14)20-18(13-23)17-12-15(6-7-19(17)21-20)27(24,25)22-8-10-26-11-9-22/h2-7,12-13,21H,8-11H2,1H3. The molecule has 4 rings (SSSR count). The lowest BCUT2D eigenvalue weighted by Crippen LogP contribution is -2.40. The highest BCUT2D eigenvalue weighted by atomic mass is 32.2. The van der Waals surface area contributed by atoms with Crippen LogP contribution in [-0.2, 0) is 14.8 Å². The zero-order valence-electron chi connectivity index (χ0n) is 14.9. The first-order chi connectivity index (χ1) is 13.0. The van der Waals surface area contributed by atoms with Crippen LogP contribution in [0.15, 0.2) is 47.4 Å². The summed E-state index contributed by atoms with van der Waals surface area (Å²) in [5.41, 5.74) is 3.87. The molecule has 0 atom stereocenters. The maximum absolute atomic E-state index is 12.9. The van der Waals surface area contributed by atoms with Crippen molar-refractivity contribution in [2.45, 2.75) is 11.8 Å². The van der Waals surface area contributed by atoms with E-state index in [4.69, 9.17) is 4.74 Å². The predicted octanol–water partition coefficient (Wildman–Crippen LogP) is 2.98. The molecule has 0 saturated carbocycles. The summed E-state index contributed by atoms with van der Waals surface area (Å²) < 4.78 is 32.5. The molecule has 140 valence electrons. The van der Waals surface area contributed by atoms with Gasteiger partial charge in [0.1, 0.15) is 0 Å². The summed E-state index contributed by atoms with van der Waals surface area (Å²) in [5, 5.41) is 0.609.